The highest BCUT2D eigenvalue weighted by atomic mass is 35.5. The second-order valence-electron chi connectivity index (χ2n) is 5.90. The molecular formula is C20H16ClN3O3. The number of ether oxygens (including phenoxy) is 2. The highest BCUT2D eigenvalue weighted by Gasteiger charge is 2.28. The Kier molecular flexibility index (Phi) is 4.56. The number of nitrogens with one attached hydrogen (secondary N) is 1. The van der Waals surface area contributed by atoms with Crippen LogP contribution in [0.1, 0.15) is 5.56 Å². The Hall–Kier alpha value is -3.25. The van der Waals surface area contributed by atoms with E-state index in [0.29, 0.717) is 40.3 Å². The van der Waals surface area contributed by atoms with Crippen LogP contribution in [0.3, 0.4) is 0 Å². The zero-order chi connectivity index (χ0) is 18.8. The summed E-state index contributed by atoms with van der Waals surface area (Å²) in [4.78, 5) is 18.9. The molecule has 1 aliphatic heterocycles. The van der Waals surface area contributed by atoms with Gasteiger partial charge < -0.3 is 14.8 Å². The molecule has 1 N–H and O–H groups in total. The molecule has 136 valence electrons. The average molecular weight is 382 g/mol. The topological polar surface area (TPSA) is 63.7 Å². The molecule has 0 saturated carbocycles. The third-order valence-electron chi connectivity index (χ3n) is 4.17. The van der Waals surface area contributed by atoms with Crippen LogP contribution in [-0.2, 0) is 6.54 Å². The van der Waals surface area contributed by atoms with Gasteiger partial charge in [-0.1, -0.05) is 29.8 Å². The molecule has 0 unspecified atom stereocenters. The van der Waals surface area contributed by atoms with Gasteiger partial charge >= 0.3 is 6.03 Å². The fourth-order valence-electron chi connectivity index (χ4n) is 2.92. The minimum Gasteiger partial charge on any atom is -0.493 e. The van der Waals surface area contributed by atoms with Crippen molar-refractivity contribution in [1.82, 2.24) is 4.98 Å². The molecule has 3 aromatic rings. The number of amides is 2. The Balaban J connectivity index is 1.74. The lowest BCUT2D eigenvalue weighted by molar-refractivity contribution is 0.256. The van der Waals surface area contributed by atoms with E-state index in [-0.39, 0.29) is 6.03 Å². The van der Waals surface area contributed by atoms with Crippen molar-refractivity contribution in [2.45, 2.75) is 6.54 Å². The van der Waals surface area contributed by atoms with E-state index in [9.17, 15) is 4.79 Å². The predicted molar refractivity (Wildman–Crippen MR) is 104 cm³/mol. The monoisotopic (exact) mass is 381 g/mol. The zero-order valence-electron chi connectivity index (χ0n) is 14.5. The minimum atomic E-state index is -0.314. The second-order valence-corrected chi connectivity index (χ2v) is 6.34. The van der Waals surface area contributed by atoms with Crippen LogP contribution in [0, 0.1) is 0 Å². The number of carbonyl (C=O) groups excluding carboxylic acids is 1. The maximum atomic E-state index is 13.0. The first-order valence-electron chi connectivity index (χ1n) is 8.28. The number of hydrogen-bond donors (Lipinski definition) is 1. The molecule has 0 atom stereocenters. The largest absolute Gasteiger partial charge is 0.493 e. The van der Waals surface area contributed by atoms with Crippen molar-refractivity contribution in [2.24, 2.45) is 0 Å². The lowest BCUT2D eigenvalue weighted by Crippen LogP contribution is -2.34. The van der Waals surface area contributed by atoms with E-state index >= 15 is 0 Å². The normalized spacial score (nSPS) is 12.3. The third-order valence-corrected chi connectivity index (χ3v) is 4.41. The van der Waals surface area contributed by atoms with Gasteiger partial charge in [0.2, 0.25) is 5.88 Å². The maximum absolute atomic E-state index is 13.0. The Morgan fingerprint density at radius 2 is 2.07 bits per heavy atom. The molecule has 2 aromatic carbocycles. The van der Waals surface area contributed by atoms with Crippen molar-refractivity contribution in [1.29, 1.82) is 0 Å². The van der Waals surface area contributed by atoms with Gasteiger partial charge in [-0.05, 0) is 36.4 Å². The van der Waals surface area contributed by atoms with Crippen LogP contribution >= 0.6 is 11.6 Å². The number of carbonyl (C=O) groups is 1. The molecule has 0 bridgehead atoms. The summed E-state index contributed by atoms with van der Waals surface area (Å²) in [6.07, 6.45) is 1.62. The summed E-state index contributed by atoms with van der Waals surface area (Å²) in [5.41, 5.74) is 1.98. The van der Waals surface area contributed by atoms with Gasteiger partial charge in [0, 0.05) is 22.5 Å². The molecule has 0 saturated heterocycles. The summed E-state index contributed by atoms with van der Waals surface area (Å²) in [7, 11) is 1.58. The highest BCUT2D eigenvalue weighted by Crippen LogP contribution is 2.42. The molecule has 0 fully saturated rings. The van der Waals surface area contributed by atoms with Gasteiger partial charge in [-0.25, -0.2) is 9.78 Å². The SMILES string of the molecule is COc1cccc2c1Oc1ncccc1N(C(=O)Nc1cccc(Cl)c1)C2. The number of nitrogens with zero attached hydrogens (tertiary/aromatic N) is 2. The molecule has 0 aliphatic carbocycles. The summed E-state index contributed by atoms with van der Waals surface area (Å²) in [6, 6.07) is 15.8. The van der Waals surface area contributed by atoms with Crippen molar-refractivity contribution in [3.63, 3.8) is 0 Å². The van der Waals surface area contributed by atoms with E-state index in [1.54, 1.807) is 54.6 Å². The van der Waals surface area contributed by atoms with Crippen molar-refractivity contribution in [2.75, 3.05) is 17.3 Å². The number of pyridine rings is 1. The first kappa shape index (κ1) is 17.2. The first-order chi connectivity index (χ1) is 13.2. The molecule has 2 amide bonds. The van der Waals surface area contributed by atoms with Gasteiger partial charge in [-0.2, -0.15) is 0 Å². The molecule has 4 rings (SSSR count). The molecule has 1 aromatic heterocycles. The van der Waals surface area contributed by atoms with E-state index in [1.807, 2.05) is 18.2 Å². The maximum Gasteiger partial charge on any atom is 0.326 e. The third kappa shape index (κ3) is 3.39. The van der Waals surface area contributed by atoms with Gasteiger partial charge in [0.25, 0.3) is 0 Å². The minimum absolute atomic E-state index is 0.303. The fraction of sp³-hybridized carbons (Fsp3) is 0.100. The quantitative estimate of drug-likeness (QED) is 0.671. The van der Waals surface area contributed by atoms with Crippen molar-refractivity contribution < 1.29 is 14.3 Å². The summed E-state index contributed by atoms with van der Waals surface area (Å²) < 4.78 is 11.4. The van der Waals surface area contributed by atoms with Gasteiger partial charge in [0.1, 0.15) is 5.69 Å². The van der Waals surface area contributed by atoms with E-state index in [2.05, 4.69) is 10.3 Å². The molecule has 2 heterocycles. The molecule has 27 heavy (non-hydrogen) atoms. The number of fused-ring (bicyclic) bond motifs is 2. The van der Waals surface area contributed by atoms with Crippen LogP contribution < -0.4 is 19.7 Å². The average Bonchev–Trinajstić information content (AvgIpc) is 2.84. The van der Waals surface area contributed by atoms with Crippen LogP contribution in [0.25, 0.3) is 0 Å². The van der Waals surface area contributed by atoms with E-state index in [1.165, 1.54) is 0 Å². The van der Waals surface area contributed by atoms with Crippen LogP contribution in [-0.4, -0.2) is 18.1 Å². The van der Waals surface area contributed by atoms with Gasteiger partial charge in [0.15, 0.2) is 11.5 Å². The van der Waals surface area contributed by atoms with Crippen LogP contribution in [0.15, 0.2) is 60.8 Å². The molecular weight excluding hydrogens is 366 g/mol. The van der Waals surface area contributed by atoms with E-state index < -0.39 is 0 Å². The number of halogens is 1. The molecule has 0 spiro atoms. The highest BCUT2D eigenvalue weighted by molar-refractivity contribution is 6.30. The Bertz CT molecular complexity index is 1010. The number of benzene rings is 2. The Labute approximate surface area is 161 Å². The second kappa shape index (κ2) is 7.17. The number of rotatable bonds is 2. The predicted octanol–water partition coefficient (Wildman–Crippen LogP) is 5.09. The Morgan fingerprint density at radius 1 is 1.22 bits per heavy atom. The number of methoxy groups -OCH3 is 1. The van der Waals surface area contributed by atoms with E-state index in [4.69, 9.17) is 21.1 Å². The lowest BCUT2D eigenvalue weighted by Gasteiger charge is -2.22. The van der Waals surface area contributed by atoms with Crippen molar-refractivity contribution >= 4 is 29.0 Å². The number of urea groups is 1. The van der Waals surface area contributed by atoms with Crippen LogP contribution in [0.5, 0.6) is 17.4 Å². The summed E-state index contributed by atoms with van der Waals surface area (Å²) in [5, 5.41) is 3.41. The molecule has 0 radical (unpaired) electrons. The lowest BCUT2D eigenvalue weighted by atomic mass is 10.1. The number of hydrogen-bond acceptors (Lipinski definition) is 4. The van der Waals surface area contributed by atoms with Crippen molar-refractivity contribution in [3.05, 3.63) is 71.4 Å². The van der Waals surface area contributed by atoms with Gasteiger partial charge in [0.05, 0.1) is 13.7 Å². The molecule has 7 heteroatoms. The number of para-hydroxylation sites is 1. The smallest absolute Gasteiger partial charge is 0.326 e. The summed E-state index contributed by atoms with van der Waals surface area (Å²) >= 11 is 6.01. The standard InChI is InChI=1S/C20H16ClN3O3/c1-26-17-9-2-5-13-12-24(16-8-4-10-22-19(16)27-18(13)17)20(25)23-15-7-3-6-14(21)11-15/h2-11H,12H2,1H3,(H,23,25). The number of aromatic nitrogens is 1. The Morgan fingerprint density at radius 3 is 2.89 bits per heavy atom. The number of anilines is 2. The fourth-order valence-corrected chi connectivity index (χ4v) is 3.11. The van der Waals surface area contributed by atoms with Crippen LogP contribution in [0.4, 0.5) is 16.2 Å². The summed E-state index contributed by atoms with van der Waals surface area (Å²) in [6.45, 7) is 0.303. The van der Waals surface area contributed by atoms with Crippen molar-refractivity contribution in [3.8, 4) is 17.4 Å². The first-order valence-corrected chi connectivity index (χ1v) is 8.66. The van der Waals surface area contributed by atoms with Crippen LogP contribution in [0.2, 0.25) is 5.02 Å². The van der Waals surface area contributed by atoms with E-state index in [0.717, 1.165) is 5.56 Å². The zero-order valence-corrected chi connectivity index (χ0v) is 15.2. The summed E-state index contributed by atoms with van der Waals surface area (Å²) in [5.74, 6) is 1.47. The van der Waals surface area contributed by atoms with Gasteiger partial charge in [-0.15, -0.1) is 0 Å². The molecule has 6 nitrogen and oxygen atoms in total. The molecule has 1 aliphatic rings. The van der Waals surface area contributed by atoms with Gasteiger partial charge in [-0.3, -0.25) is 4.90 Å².